The first-order valence-corrected chi connectivity index (χ1v) is 8.78. The fourth-order valence-electron chi connectivity index (χ4n) is 3.16. The van der Waals surface area contributed by atoms with Crippen molar-refractivity contribution in [1.82, 2.24) is 10.6 Å². The molecule has 2 rings (SSSR count). The van der Waals surface area contributed by atoms with Gasteiger partial charge in [0.05, 0.1) is 12.2 Å². The van der Waals surface area contributed by atoms with Gasteiger partial charge >= 0.3 is 0 Å². The van der Waals surface area contributed by atoms with Gasteiger partial charge in [-0.15, -0.1) is 0 Å². The molecule has 0 radical (unpaired) electrons. The largest absolute Gasteiger partial charge is 0.378 e. The minimum absolute atomic E-state index is 0.148. The van der Waals surface area contributed by atoms with E-state index < -0.39 is 0 Å². The molecule has 0 aromatic carbocycles. The van der Waals surface area contributed by atoms with Crippen molar-refractivity contribution in [2.45, 2.75) is 71.1 Å². The van der Waals surface area contributed by atoms with Gasteiger partial charge in [-0.2, -0.15) is 0 Å². The maximum absolute atomic E-state index is 6.00. The van der Waals surface area contributed by atoms with Gasteiger partial charge in [-0.1, -0.05) is 27.2 Å². The van der Waals surface area contributed by atoms with E-state index in [4.69, 9.17) is 9.47 Å². The fraction of sp³-hybridized carbons (Fsp3) is 0.941. The summed E-state index contributed by atoms with van der Waals surface area (Å²) in [5.74, 6) is 0.876. The highest BCUT2D eigenvalue weighted by atomic mass is 16.5. The van der Waals surface area contributed by atoms with Gasteiger partial charge in [0.2, 0.25) is 0 Å². The summed E-state index contributed by atoms with van der Waals surface area (Å²) in [6.45, 7) is 9.36. The lowest BCUT2D eigenvalue weighted by atomic mass is 9.64. The summed E-state index contributed by atoms with van der Waals surface area (Å²) in [7, 11) is 1.83. The molecule has 2 N–H and O–H groups in total. The SMILES string of the molecule is CCCCOC1CC(NC(=NC)NCC2CCCO2)C1(C)C. The van der Waals surface area contributed by atoms with Crippen LogP contribution in [0.1, 0.15) is 52.9 Å². The summed E-state index contributed by atoms with van der Waals surface area (Å²) in [5.41, 5.74) is 0.148. The van der Waals surface area contributed by atoms with Crippen LogP contribution in [0.15, 0.2) is 4.99 Å². The topological polar surface area (TPSA) is 54.9 Å². The van der Waals surface area contributed by atoms with E-state index in [-0.39, 0.29) is 5.41 Å². The molecule has 5 heteroatoms. The van der Waals surface area contributed by atoms with Crippen LogP contribution in [0.4, 0.5) is 0 Å². The van der Waals surface area contributed by atoms with Gasteiger partial charge in [-0.25, -0.2) is 0 Å². The lowest BCUT2D eigenvalue weighted by Crippen LogP contribution is -2.63. The highest BCUT2D eigenvalue weighted by molar-refractivity contribution is 5.80. The molecule has 0 aromatic rings. The molecule has 5 nitrogen and oxygen atoms in total. The number of aliphatic imine (C=N–C) groups is 1. The fourth-order valence-corrected chi connectivity index (χ4v) is 3.16. The highest BCUT2D eigenvalue weighted by Gasteiger charge is 2.49. The van der Waals surface area contributed by atoms with Gasteiger partial charge in [0.15, 0.2) is 5.96 Å². The summed E-state index contributed by atoms with van der Waals surface area (Å²) in [5, 5.41) is 6.93. The Morgan fingerprint density at radius 1 is 1.41 bits per heavy atom. The number of unbranched alkanes of at least 4 members (excludes halogenated alkanes) is 1. The predicted molar refractivity (Wildman–Crippen MR) is 90.3 cm³/mol. The summed E-state index contributed by atoms with van der Waals surface area (Å²) in [6.07, 6.45) is 6.39. The smallest absolute Gasteiger partial charge is 0.191 e. The molecule has 0 spiro atoms. The molecular weight excluding hydrogens is 278 g/mol. The molecule has 1 saturated carbocycles. The van der Waals surface area contributed by atoms with E-state index in [1.165, 1.54) is 12.8 Å². The third kappa shape index (κ3) is 4.35. The van der Waals surface area contributed by atoms with Crippen LogP contribution < -0.4 is 10.6 Å². The van der Waals surface area contributed by atoms with Crippen LogP contribution in [0, 0.1) is 5.41 Å². The Labute approximate surface area is 135 Å². The van der Waals surface area contributed by atoms with E-state index in [0.29, 0.717) is 18.2 Å². The van der Waals surface area contributed by atoms with E-state index in [9.17, 15) is 0 Å². The molecular formula is C17H33N3O2. The van der Waals surface area contributed by atoms with Crippen molar-refractivity contribution in [3.05, 3.63) is 0 Å². The second kappa shape index (κ2) is 8.16. The van der Waals surface area contributed by atoms with Crippen LogP contribution in [0.2, 0.25) is 0 Å². The second-order valence-electron chi connectivity index (χ2n) is 7.06. The molecule has 1 aliphatic carbocycles. The van der Waals surface area contributed by atoms with E-state index in [1.54, 1.807) is 0 Å². The monoisotopic (exact) mass is 311 g/mol. The van der Waals surface area contributed by atoms with E-state index in [1.807, 2.05) is 7.05 Å². The number of guanidine groups is 1. The first-order valence-electron chi connectivity index (χ1n) is 8.78. The van der Waals surface area contributed by atoms with Gasteiger partial charge in [-0.05, 0) is 25.7 Å². The molecule has 2 aliphatic rings. The number of nitrogens with one attached hydrogen (secondary N) is 2. The predicted octanol–water partition coefficient (Wildman–Crippen LogP) is 2.31. The van der Waals surface area contributed by atoms with Crippen molar-refractivity contribution >= 4 is 5.96 Å². The zero-order valence-electron chi connectivity index (χ0n) is 14.7. The Balaban J connectivity index is 1.72. The molecule has 0 bridgehead atoms. The van der Waals surface area contributed by atoms with E-state index in [2.05, 4.69) is 36.4 Å². The first-order chi connectivity index (χ1) is 10.6. The molecule has 128 valence electrons. The Morgan fingerprint density at radius 3 is 2.82 bits per heavy atom. The van der Waals surface area contributed by atoms with E-state index in [0.717, 1.165) is 45.0 Å². The minimum atomic E-state index is 0.148. The number of hydrogen-bond acceptors (Lipinski definition) is 3. The van der Waals surface area contributed by atoms with Crippen LogP contribution in [0.3, 0.4) is 0 Å². The summed E-state index contributed by atoms with van der Waals surface area (Å²) in [6, 6.07) is 0.412. The van der Waals surface area contributed by atoms with Gasteiger partial charge < -0.3 is 20.1 Å². The normalized spacial score (nSPS) is 30.9. The third-order valence-electron chi connectivity index (χ3n) is 5.05. The van der Waals surface area contributed by atoms with Crippen molar-refractivity contribution in [3.8, 4) is 0 Å². The number of nitrogens with zero attached hydrogens (tertiary/aromatic N) is 1. The number of hydrogen-bond donors (Lipinski definition) is 2. The average molecular weight is 311 g/mol. The van der Waals surface area contributed by atoms with Gasteiger partial charge in [-0.3, -0.25) is 4.99 Å². The zero-order chi connectivity index (χ0) is 16.0. The standard InChI is InChI=1S/C17H33N3O2/c1-5-6-9-22-15-11-14(17(15,2)3)20-16(18-4)19-12-13-8-7-10-21-13/h13-15H,5-12H2,1-4H3,(H2,18,19,20). The van der Waals surface area contributed by atoms with Crippen LogP contribution >= 0.6 is 0 Å². The van der Waals surface area contributed by atoms with Crippen molar-refractivity contribution in [3.63, 3.8) is 0 Å². The van der Waals surface area contributed by atoms with Crippen LogP contribution in [0.25, 0.3) is 0 Å². The van der Waals surface area contributed by atoms with Crippen LogP contribution in [-0.2, 0) is 9.47 Å². The molecule has 1 aliphatic heterocycles. The lowest BCUT2D eigenvalue weighted by molar-refractivity contribution is -0.113. The Morgan fingerprint density at radius 2 is 2.23 bits per heavy atom. The van der Waals surface area contributed by atoms with Crippen molar-refractivity contribution in [1.29, 1.82) is 0 Å². The third-order valence-corrected chi connectivity index (χ3v) is 5.05. The van der Waals surface area contributed by atoms with Crippen LogP contribution in [0.5, 0.6) is 0 Å². The van der Waals surface area contributed by atoms with Crippen LogP contribution in [-0.4, -0.2) is 51.0 Å². The second-order valence-corrected chi connectivity index (χ2v) is 7.06. The maximum Gasteiger partial charge on any atom is 0.191 e. The molecule has 1 heterocycles. The molecule has 3 unspecified atom stereocenters. The minimum Gasteiger partial charge on any atom is -0.378 e. The van der Waals surface area contributed by atoms with Gasteiger partial charge in [0.1, 0.15) is 0 Å². The molecule has 1 saturated heterocycles. The van der Waals surface area contributed by atoms with Crippen molar-refractivity contribution in [2.24, 2.45) is 10.4 Å². The van der Waals surface area contributed by atoms with Gasteiger partial charge in [0, 0.05) is 38.3 Å². The Bertz CT molecular complexity index is 365. The van der Waals surface area contributed by atoms with E-state index >= 15 is 0 Å². The Kier molecular flexibility index (Phi) is 6.50. The lowest BCUT2D eigenvalue weighted by Gasteiger charge is -2.52. The molecule has 0 amide bonds. The molecule has 22 heavy (non-hydrogen) atoms. The van der Waals surface area contributed by atoms with Crippen molar-refractivity contribution < 1.29 is 9.47 Å². The van der Waals surface area contributed by atoms with Gasteiger partial charge in [0.25, 0.3) is 0 Å². The molecule has 3 atom stereocenters. The van der Waals surface area contributed by atoms with Crippen molar-refractivity contribution in [2.75, 3.05) is 26.8 Å². The summed E-state index contributed by atoms with van der Waals surface area (Å²) >= 11 is 0. The first kappa shape index (κ1) is 17.5. The average Bonchev–Trinajstić information content (AvgIpc) is 3.02. The Hall–Kier alpha value is -0.810. The zero-order valence-corrected chi connectivity index (χ0v) is 14.7. The quantitative estimate of drug-likeness (QED) is 0.430. The molecule has 2 fully saturated rings. The summed E-state index contributed by atoms with van der Waals surface area (Å²) < 4.78 is 11.6. The number of rotatable bonds is 7. The molecule has 0 aromatic heterocycles. The summed E-state index contributed by atoms with van der Waals surface area (Å²) in [4.78, 5) is 4.33. The highest BCUT2D eigenvalue weighted by Crippen LogP contribution is 2.42. The number of ether oxygens (including phenoxy) is 2. The maximum atomic E-state index is 6.00.